The standard InChI is InChI=1S/C18H18ClNO4S/c19-15-5-7-16(8-6-15)25(23,24)20-12-18(9-10-18)14-3-1-13(2-4-14)11-17(21)22/h1-8,20H,9-12H2,(H,21,22). The molecule has 0 spiro atoms. The normalized spacial score (nSPS) is 15.7. The number of sulfonamides is 1. The SMILES string of the molecule is O=C(O)Cc1ccc(C2(CNS(=O)(=O)c3ccc(Cl)cc3)CC2)cc1. The second-order valence-electron chi connectivity index (χ2n) is 6.33. The van der Waals surface area contributed by atoms with Crippen molar-refractivity contribution in [2.75, 3.05) is 6.54 Å². The van der Waals surface area contributed by atoms with Gasteiger partial charge in [0.2, 0.25) is 10.0 Å². The average molecular weight is 380 g/mol. The summed E-state index contributed by atoms with van der Waals surface area (Å²) in [6.07, 6.45) is 1.78. The molecule has 1 aliphatic rings. The van der Waals surface area contributed by atoms with Gasteiger partial charge in [-0.3, -0.25) is 4.79 Å². The van der Waals surface area contributed by atoms with Gasteiger partial charge in [-0.15, -0.1) is 0 Å². The molecule has 7 heteroatoms. The summed E-state index contributed by atoms with van der Waals surface area (Å²) in [5.41, 5.74) is 1.55. The zero-order chi connectivity index (χ0) is 18.1. The van der Waals surface area contributed by atoms with Crippen LogP contribution in [0.2, 0.25) is 5.02 Å². The van der Waals surface area contributed by atoms with Crippen LogP contribution in [0.5, 0.6) is 0 Å². The largest absolute Gasteiger partial charge is 0.481 e. The van der Waals surface area contributed by atoms with Crippen LogP contribution in [0.15, 0.2) is 53.4 Å². The summed E-state index contributed by atoms with van der Waals surface area (Å²) >= 11 is 5.79. The molecule has 0 radical (unpaired) electrons. The van der Waals surface area contributed by atoms with Crippen LogP contribution in [0.1, 0.15) is 24.0 Å². The number of halogens is 1. The van der Waals surface area contributed by atoms with E-state index in [4.69, 9.17) is 16.7 Å². The van der Waals surface area contributed by atoms with E-state index in [9.17, 15) is 13.2 Å². The number of hydrogen-bond donors (Lipinski definition) is 2. The highest BCUT2D eigenvalue weighted by Gasteiger charge is 2.44. The van der Waals surface area contributed by atoms with Gasteiger partial charge < -0.3 is 5.11 Å². The van der Waals surface area contributed by atoms with Crippen LogP contribution >= 0.6 is 11.6 Å². The maximum absolute atomic E-state index is 12.4. The number of benzene rings is 2. The van der Waals surface area contributed by atoms with Crippen molar-refractivity contribution in [3.8, 4) is 0 Å². The molecule has 0 atom stereocenters. The van der Waals surface area contributed by atoms with Gasteiger partial charge in [-0.2, -0.15) is 0 Å². The Balaban J connectivity index is 1.70. The molecule has 1 aliphatic carbocycles. The fourth-order valence-electron chi connectivity index (χ4n) is 2.80. The fourth-order valence-corrected chi connectivity index (χ4v) is 4.05. The van der Waals surface area contributed by atoms with Crippen LogP contribution in [0.25, 0.3) is 0 Å². The van der Waals surface area contributed by atoms with Crippen molar-refractivity contribution in [3.63, 3.8) is 0 Å². The number of aliphatic carboxylic acids is 1. The molecule has 0 amide bonds. The molecule has 2 aromatic rings. The molecule has 0 saturated heterocycles. The summed E-state index contributed by atoms with van der Waals surface area (Å²) < 4.78 is 27.5. The Bertz CT molecular complexity index is 872. The number of carboxylic acids is 1. The summed E-state index contributed by atoms with van der Waals surface area (Å²) in [7, 11) is -3.59. The predicted molar refractivity (Wildman–Crippen MR) is 95.3 cm³/mol. The Labute approximate surface area is 151 Å². The molecule has 3 rings (SSSR count). The van der Waals surface area contributed by atoms with Crippen LogP contribution in [-0.4, -0.2) is 26.0 Å². The van der Waals surface area contributed by atoms with Crippen LogP contribution < -0.4 is 4.72 Å². The topological polar surface area (TPSA) is 83.5 Å². The lowest BCUT2D eigenvalue weighted by Gasteiger charge is -2.17. The Hall–Kier alpha value is -1.89. The highest BCUT2D eigenvalue weighted by Crippen LogP contribution is 2.47. The first-order valence-corrected chi connectivity index (χ1v) is 9.73. The van der Waals surface area contributed by atoms with Gasteiger partial charge in [0.05, 0.1) is 11.3 Å². The molecule has 25 heavy (non-hydrogen) atoms. The lowest BCUT2D eigenvalue weighted by molar-refractivity contribution is -0.136. The first kappa shape index (κ1) is 17.9. The predicted octanol–water partition coefficient (Wildman–Crippen LogP) is 2.98. The minimum atomic E-state index is -3.59. The average Bonchev–Trinajstić information content (AvgIpc) is 3.35. The maximum Gasteiger partial charge on any atom is 0.307 e. The number of rotatable bonds is 7. The van der Waals surface area contributed by atoms with Gasteiger partial charge in [0.1, 0.15) is 0 Å². The van der Waals surface area contributed by atoms with Gasteiger partial charge in [0.15, 0.2) is 0 Å². The Morgan fingerprint density at radius 2 is 1.68 bits per heavy atom. The van der Waals surface area contributed by atoms with Gasteiger partial charge in [-0.05, 0) is 48.2 Å². The second-order valence-corrected chi connectivity index (χ2v) is 8.53. The molecular weight excluding hydrogens is 362 g/mol. The van der Waals surface area contributed by atoms with Crippen molar-refractivity contribution in [1.29, 1.82) is 0 Å². The van der Waals surface area contributed by atoms with Crippen LogP contribution in [0.3, 0.4) is 0 Å². The lowest BCUT2D eigenvalue weighted by atomic mass is 9.95. The molecule has 0 unspecified atom stereocenters. The molecule has 0 heterocycles. The maximum atomic E-state index is 12.4. The molecule has 132 valence electrons. The van der Waals surface area contributed by atoms with Gasteiger partial charge in [0.25, 0.3) is 0 Å². The van der Waals surface area contributed by atoms with Crippen LogP contribution in [-0.2, 0) is 26.7 Å². The smallest absolute Gasteiger partial charge is 0.307 e. The fraction of sp³-hybridized carbons (Fsp3) is 0.278. The van der Waals surface area contributed by atoms with E-state index in [2.05, 4.69) is 4.72 Å². The Kier molecular flexibility index (Phi) is 4.86. The zero-order valence-corrected chi connectivity index (χ0v) is 15.0. The van der Waals surface area contributed by atoms with Gasteiger partial charge in [-0.25, -0.2) is 13.1 Å². The second kappa shape index (κ2) is 6.78. The first-order chi connectivity index (χ1) is 11.8. The zero-order valence-electron chi connectivity index (χ0n) is 13.4. The van der Waals surface area contributed by atoms with Crippen molar-refractivity contribution in [2.24, 2.45) is 0 Å². The molecule has 2 N–H and O–H groups in total. The highest BCUT2D eigenvalue weighted by atomic mass is 35.5. The minimum Gasteiger partial charge on any atom is -0.481 e. The molecular formula is C18H18ClNO4S. The van der Waals surface area contributed by atoms with E-state index in [0.717, 1.165) is 24.0 Å². The lowest BCUT2D eigenvalue weighted by Crippen LogP contribution is -2.32. The van der Waals surface area contributed by atoms with Crippen molar-refractivity contribution in [3.05, 3.63) is 64.7 Å². The molecule has 5 nitrogen and oxygen atoms in total. The van der Waals surface area contributed by atoms with E-state index >= 15 is 0 Å². The molecule has 1 saturated carbocycles. The summed E-state index contributed by atoms with van der Waals surface area (Å²) in [4.78, 5) is 10.9. The van der Waals surface area contributed by atoms with Gasteiger partial charge in [0, 0.05) is 17.0 Å². The minimum absolute atomic E-state index is 0.0174. The van der Waals surface area contributed by atoms with Crippen molar-refractivity contribution >= 4 is 27.6 Å². The van der Waals surface area contributed by atoms with Gasteiger partial charge >= 0.3 is 5.97 Å². The Morgan fingerprint density at radius 3 is 2.20 bits per heavy atom. The number of nitrogens with one attached hydrogen (secondary N) is 1. The number of carboxylic acid groups (broad SMARTS) is 1. The molecule has 2 aromatic carbocycles. The summed E-state index contributed by atoms with van der Waals surface area (Å²) in [6, 6.07) is 13.4. The van der Waals surface area contributed by atoms with Crippen LogP contribution in [0.4, 0.5) is 0 Å². The number of hydrogen-bond acceptors (Lipinski definition) is 3. The van der Waals surface area contributed by atoms with E-state index in [1.165, 1.54) is 12.1 Å². The Morgan fingerprint density at radius 1 is 1.08 bits per heavy atom. The van der Waals surface area contributed by atoms with Gasteiger partial charge in [-0.1, -0.05) is 35.9 Å². The van der Waals surface area contributed by atoms with Crippen molar-refractivity contribution in [1.82, 2.24) is 4.72 Å². The van der Waals surface area contributed by atoms with E-state index in [-0.39, 0.29) is 16.7 Å². The summed E-state index contributed by atoms with van der Waals surface area (Å²) in [5.74, 6) is -0.871. The third-order valence-corrected chi connectivity index (χ3v) is 6.17. The monoisotopic (exact) mass is 379 g/mol. The van der Waals surface area contributed by atoms with E-state index in [1.54, 1.807) is 24.3 Å². The molecule has 0 aromatic heterocycles. The van der Waals surface area contributed by atoms with Crippen molar-refractivity contribution in [2.45, 2.75) is 29.6 Å². The molecule has 0 bridgehead atoms. The van der Waals surface area contributed by atoms with Crippen molar-refractivity contribution < 1.29 is 18.3 Å². The summed E-state index contributed by atoms with van der Waals surface area (Å²) in [6.45, 7) is 0.316. The summed E-state index contributed by atoms with van der Waals surface area (Å²) in [5, 5.41) is 9.31. The molecule has 1 fully saturated rings. The highest BCUT2D eigenvalue weighted by molar-refractivity contribution is 7.89. The molecule has 0 aliphatic heterocycles. The van der Waals surface area contributed by atoms with E-state index in [0.29, 0.717) is 11.6 Å². The van der Waals surface area contributed by atoms with E-state index in [1.807, 2.05) is 12.1 Å². The quantitative estimate of drug-likeness (QED) is 0.774. The first-order valence-electron chi connectivity index (χ1n) is 7.87. The third kappa shape index (κ3) is 4.21. The van der Waals surface area contributed by atoms with E-state index < -0.39 is 16.0 Å². The third-order valence-electron chi connectivity index (χ3n) is 4.50. The number of carbonyl (C=O) groups is 1. The van der Waals surface area contributed by atoms with Crippen LogP contribution in [0, 0.1) is 0 Å².